The molecule has 7 nitrogen and oxygen atoms in total. The van der Waals surface area contributed by atoms with Crippen LogP contribution in [0.4, 0.5) is 5.69 Å². The van der Waals surface area contributed by atoms with Crippen LogP contribution in [0.1, 0.15) is 21.5 Å². The van der Waals surface area contributed by atoms with Gasteiger partial charge in [-0.1, -0.05) is 36.4 Å². The molecule has 0 aliphatic carbocycles. The molecule has 1 aliphatic rings. The van der Waals surface area contributed by atoms with Crippen LogP contribution in [-0.2, 0) is 0 Å². The third-order valence-corrected chi connectivity index (χ3v) is 7.52. The molecule has 4 rings (SSSR count). The van der Waals surface area contributed by atoms with Gasteiger partial charge in [-0.05, 0) is 12.1 Å². The largest absolute Gasteiger partial charge is 0.507 e. The SMILES string of the molecule is CN(C)c1c2c(c(O)c3ccccc13)C(c1ccc(S(C)(C)[N+](=O)[O-])cc1)=NC2=O. The molecule has 154 valence electrons. The van der Waals surface area contributed by atoms with Gasteiger partial charge in [0.2, 0.25) is 0 Å². The van der Waals surface area contributed by atoms with Crippen LogP contribution < -0.4 is 4.90 Å². The van der Waals surface area contributed by atoms with Gasteiger partial charge in [0, 0.05) is 53.2 Å². The topological polar surface area (TPSA) is 96.0 Å². The number of amides is 1. The molecular formula is C22H21N3O4S. The second-order valence-corrected chi connectivity index (χ2v) is 11.0. The smallest absolute Gasteiger partial charge is 0.280 e. The number of aromatic hydroxyl groups is 1. The van der Waals surface area contributed by atoms with Gasteiger partial charge in [-0.25, -0.2) is 4.99 Å². The van der Waals surface area contributed by atoms with E-state index in [0.29, 0.717) is 38.4 Å². The zero-order valence-corrected chi connectivity index (χ0v) is 17.9. The fourth-order valence-corrected chi connectivity index (χ4v) is 4.73. The molecule has 30 heavy (non-hydrogen) atoms. The second kappa shape index (κ2) is 6.84. The lowest BCUT2D eigenvalue weighted by atomic mass is 9.92. The molecule has 0 atom stereocenters. The molecule has 1 heterocycles. The lowest BCUT2D eigenvalue weighted by molar-refractivity contribution is -0.295. The van der Waals surface area contributed by atoms with E-state index in [4.69, 9.17) is 0 Å². The Labute approximate surface area is 175 Å². The fraction of sp³-hybridized carbons (Fsp3) is 0.182. The van der Waals surface area contributed by atoms with Crippen LogP contribution in [0.15, 0.2) is 58.4 Å². The zero-order chi connectivity index (χ0) is 21.8. The minimum atomic E-state index is -2.18. The Morgan fingerprint density at radius 1 is 1.00 bits per heavy atom. The summed E-state index contributed by atoms with van der Waals surface area (Å²) < 4.78 is -0.255. The van der Waals surface area contributed by atoms with E-state index in [9.17, 15) is 20.0 Å². The van der Waals surface area contributed by atoms with Gasteiger partial charge in [-0.2, -0.15) is 0 Å². The quantitative estimate of drug-likeness (QED) is 0.501. The average molecular weight is 423 g/mol. The highest BCUT2D eigenvalue weighted by molar-refractivity contribution is 8.27. The van der Waals surface area contributed by atoms with E-state index in [0.717, 1.165) is 5.39 Å². The maximum atomic E-state index is 12.9. The number of phenols is 1. The first-order valence-corrected chi connectivity index (χ1v) is 11.6. The molecule has 0 saturated heterocycles. The molecule has 1 aliphatic heterocycles. The Morgan fingerprint density at radius 3 is 2.17 bits per heavy atom. The van der Waals surface area contributed by atoms with Crippen molar-refractivity contribution in [2.75, 3.05) is 31.5 Å². The predicted molar refractivity (Wildman–Crippen MR) is 121 cm³/mol. The third kappa shape index (κ3) is 2.83. The van der Waals surface area contributed by atoms with Gasteiger partial charge in [-0.15, -0.1) is 0 Å². The minimum Gasteiger partial charge on any atom is -0.507 e. The molecule has 0 fully saturated rings. The average Bonchev–Trinajstić information content (AvgIpc) is 3.05. The van der Waals surface area contributed by atoms with Gasteiger partial charge >= 0.3 is 0 Å². The summed E-state index contributed by atoms with van der Waals surface area (Å²) in [5.41, 5.74) is 2.47. The molecular weight excluding hydrogens is 402 g/mol. The number of rotatable bonds is 4. The molecule has 3 aromatic carbocycles. The van der Waals surface area contributed by atoms with Gasteiger partial charge in [0.1, 0.15) is 5.75 Å². The molecule has 0 saturated carbocycles. The van der Waals surface area contributed by atoms with Gasteiger partial charge in [0.05, 0.1) is 31.8 Å². The minimum absolute atomic E-state index is 0.0103. The first kappa shape index (κ1) is 19.9. The highest BCUT2D eigenvalue weighted by atomic mass is 32.3. The van der Waals surface area contributed by atoms with Crippen molar-refractivity contribution in [2.24, 2.45) is 4.99 Å². The lowest BCUT2D eigenvalue weighted by Gasteiger charge is -2.21. The van der Waals surface area contributed by atoms with Gasteiger partial charge < -0.3 is 10.0 Å². The lowest BCUT2D eigenvalue weighted by Crippen LogP contribution is -2.14. The van der Waals surface area contributed by atoms with Gasteiger partial charge in [0.25, 0.3) is 5.91 Å². The Balaban J connectivity index is 1.93. The Bertz CT molecular complexity index is 1250. The van der Waals surface area contributed by atoms with E-state index in [2.05, 4.69) is 4.99 Å². The monoisotopic (exact) mass is 423 g/mol. The number of nitro groups is 1. The van der Waals surface area contributed by atoms with E-state index >= 15 is 0 Å². The van der Waals surface area contributed by atoms with Crippen LogP contribution in [-0.4, -0.2) is 47.7 Å². The number of carbonyl (C=O) groups excluding carboxylic acids is 1. The maximum absolute atomic E-state index is 12.9. The van der Waals surface area contributed by atoms with E-state index in [-0.39, 0.29) is 10.1 Å². The van der Waals surface area contributed by atoms with Crippen LogP contribution in [0.3, 0.4) is 0 Å². The summed E-state index contributed by atoms with van der Waals surface area (Å²) in [5.74, 6) is -0.402. The number of carbonyl (C=O) groups is 1. The molecule has 0 aromatic heterocycles. The van der Waals surface area contributed by atoms with Crippen LogP contribution in [0.5, 0.6) is 5.75 Å². The van der Waals surface area contributed by atoms with Crippen molar-refractivity contribution in [1.29, 1.82) is 0 Å². The number of fused-ring (bicyclic) bond motifs is 2. The molecule has 0 unspecified atom stereocenters. The number of benzene rings is 3. The Morgan fingerprint density at radius 2 is 1.60 bits per heavy atom. The van der Waals surface area contributed by atoms with Crippen molar-refractivity contribution in [3.63, 3.8) is 0 Å². The first-order chi connectivity index (χ1) is 14.1. The van der Waals surface area contributed by atoms with E-state index < -0.39 is 16.1 Å². The molecule has 0 spiro atoms. The van der Waals surface area contributed by atoms with Crippen molar-refractivity contribution in [3.8, 4) is 5.75 Å². The standard InChI is InChI=1S/C22H21N3O4S/c1-24(2)20-15-7-5-6-8-16(15)21(26)17-18(20)22(27)23-19(17)13-9-11-14(12-10-13)30(3,4)25(28)29/h5-12,26H,1-4H3. The molecule has 0 bridgehead atoms. The van der Waals surface area contributed by atoms with Crippen LogP contribution in [0, 0.1) is 10.1 Å². The number of hydrogen-bond acceptors (Lipinski definition) is 5. The summed E-state index contributed by atoms with van der Waals surface area (Å²) in [6.07, 6.45) is 3.24. The normalized spacial score (nSPS) is 13.9. The summed E-state index contributed by atoms with van der Waals surface area (Å²) in [6.45, 7) is 0. The number of nitrogens with zero attached hydrogens (tertiary/aromatic N) is 3. The zero-order valence-electron chi connectivity index (χ0n) is 17.0. The van der Waals surface area contributed by atoms with Crippen LogP contribution in [0.2, 0.25) is 0 Å². The van der Waals surface area contributed by atoms with Crippen LogP contribution in [0.25, 0.3) is 10.8 Å². The van der Waals surface area contributed by atoms with E-state index in [1.54, 1.807) is 36.8 Å². The molecule has 1 N–H and O–H groups in total. The summed E-state index contributed by atoms with van der Waals surface area (Å²) in [5, 5.41) is 23.8. The molecule has 0 radical (unpaired) electrons. The fourth-order valence-electron chi connectivity index (χ4n) is 3.76. The summed E-state index contributed by atoms with van der Waals surface area (Å²) in [4.78, 5) is 31.0. The maximum Gasteiger partial charge on any atom is 0.280 e. The number of anilines is 1. The summed E-state index contributed by atoms with van der Waals surface area (Å²) in [7, 11) is 1.51. The second-order valence-electron chi connectivity index (χ2n) is 7.67. The van der Waals surface area contributed by atoms with E-state index in [1.165, 1.54) is 0 Å². The molecule has 8 heteroatoms. The number of aliphatic imine (C=N–C) groups is 1. The predicted octanol–water partition coefficient (Wildman–Crippen LogP) is 4.22. The van der Waals surface area contributed by atoms with Crippen molar-refractivity contribution in [3.05, 3.63) is 75.3 Å². The first-order valence-electron chi connectivity index (χ1n) is 9.21. The number of hydrogen-bond donors (Lipinski definition) is 1. The highest BCUT2D eigenvalue weighted by Crippen LogP contribution is 2.49. The summed E-state index contributed by atoms with van der Waals surface area (Å²) in [6, 6.07) is 14.2. The summed E-state index contributed by atoms with van der Waals surface area (Å²) >= 11 is 0. The van der Waals surface area contributed by atoms with Gasteiger partial charge in [-0.3, -0.25) is 14.9 Å². The van der Waals surface area contributed by atoms with E-state index in [1.807, 2.05) is 43.3 Å². The Hall–Kier alpha value is -3.39. The molecule has 1 amide bonds. The Kier molecular flexibility index (Phi) is 4.54. The van der Waals surface area contributed by atoms with Crippen molar-refractivity contribution < 1.29 is 14.2 Å². The van der Waals surface area contributed by atoms with Gasteiger partial charge in [0.15, 0.2) is 0 Å². The highest BCUT2D eigenvalue weighted by Gasteiger charge is 2.34. The number of phenolic OH excluding ortho intramolecular Hbond substituents is 1. The van der Waals surface area contributed by atoms with Crippen molar-refractivity contribution in [1.82, 2.24) is 0 Å². The molecule has 3 aromatic rings. The third-order valence-electron chi connectivity index (χ3n) is 5.35. The van der Waals surface area contributed by atoms with Crippen molar-refractivity contribution >= 4 is 38.3 Å². The van der Waals surface area contributed by atoms with Crippen LogP contribution >= 0.6 is 10.2 Å². The van der Waals surface area contributed by atoms with Crippen molar-refractivity contribution in [2.45, 2.75) is 4.90 Å².